The first-order chi connectivity index (χ1) is 21.0. The molecule has 2 amide bonds. The summed E-state index contributed by atoms with van der Waals surface area (Å²) in [5, 5.41) is 6.67. The number of hydrogen-bond donors (Lipinski definition) is 2. The van der Waals surface area contributed by atoms with Gasteiger partial charge >= 0.3 is 6.18 Å². The van der Waals surface area contributed by atoms with Crippen LogP contribution in [0.2, 0.25) is 0 Å². The molecule has 1 aliphatic carbocycles. The van der Waals surface area contributed by atoms with E-state index in [9.17, 15) is 22.8 Å². The number of rotatable bonds is 8. The fourth-order valence-corrected chi connectivity index (χ4v) is 7.09. The third kappa shape index (κ3) is 6.91. The molecule has 0 spiro atoms. The van der Waals surface area contributed by atoms with Crippen molar-refractivity contribution in [3.05, 3.63) is 53.6 Å². The number of aromatic nitrogens is 1. The second kappa shape index (κ2) is 13.5. The van der Waals surface area contributed by atoms with Gasteiger partial charge in [-0.2, -0.15) is 13.2 Å². The summed E-state index contributed by atoms with van der Waals surface area (Å²) < 4.78 is 45.8. The van der Waals surface area contributed by atoms with Crippen LogP contribution in [0, 0.1) is 11.8 Å². The number of ether oxygens (including phenoxy) is 1. The first-order valence-corrected chi connectivity index (χ1v) is 15.9. The van der Waals surface area contributed by atoms with E-state index in [1.54, 1.807) is 12.4 Å². The number of nitrogens with one attached hydrogen (secondary N) is 2. The quantitative estimate of drug-likeness (QED) is 0.459. The average Bonchev–Trinajstić information content (AvgIpc) is 3.44. The summed E-state index contributed by atoms with van der Waals surface area (Å²) in [6.45, 7) is 7.42. The molecule has 3 atom stereocenters. The number of pyridine rings is 1. The van der Waals surface area contributed by atoms with Crippen molar-refractivity contribution < 1.29 is 27.5 Å². The monoisotopic (exact) mass is 618 g/mol. The van der Waals surface area contributed by atoms with Gasteiger partial charge in [-0.15, -0.1) is 0 Å². The minimum atomic E-state index is -4.20. The molecule has 1 saturated carbocycles. The summed E-state index contributed by atoms with van der Waals surface area (Å²) in [4.78, 5) is 37.9. The largest absolute Gasteiger partial charge is 0.391 e. The molecule has 1 aromatic rings. The van der Waals surface area contributed by atoms with E-state index in [0.717, 1.165) is 37.2 Å². The molecule has 5 rings (SSSR count). The molecule has 4 aliphatic rings. The number of carbonyl (C=O) groups excluding carboxylic acids is 2. The second-order valence-corrected chi connectivity index (χ2v) is 12.5. The molecule has 0 bridgehead atoms. The maximum absolute atomic E-state index is 14.0. The number of piperazine rings is 1. The molecule has 1 unspecified atom stereocenters. The van der Waals surface area contributed by atoms with Gasteiger partial charge in [0.15, 0.2) is 5.72 Å². The maximum atomic E-state index is 14.0. The Bertz CT molecular complexity index is 1230. The van der Waals surface area contributed by atoms with E-state index >= 15 is 0 Å². The standard InChI is InChI=1S/C32H45F3N6O3/c1-4-26-21-40(30(43)22-8-10-23(11-9-22)32(33,34)35)17-18-41(26)27-12-14-31(44-5-2,24-7-6-15-36-19-24)38-28(27)29(42)37-25-13-16-39(3)20-25/h6-7,12,14-15,19,22-23,25-26,38H,4-5,8-11,13,16-18,20-21H2,1-3H3,(H,37,42)/t22?,23?,25-,26-,31?/m1/s1. The number of likely N-dealkylation sites (N-methyl/N-ethyl adjacent to an activating group) is 1. The molecular weight excluding hydrogens is 573 g/mol. The number of halogens is 3. The number of hydrogen-bond acceptors (Lipinski definition) is 7. The van der Waals surface area contributed by atoms with Crippen molar-refractivity contribution >= 4 is 11.8 Å². The summed E-state index contributed by atoms with van der Waals surface area (Å²) in [5.41, 5.74) is 0.826. The molecule has 2 saturated heterocycles. The van der Waals surface area contributed by atoms with Gasteiger partial charge in [-0.25, -0.2) is 0 Å². The van der Waals surface area contributed by atoms with E-state index in [0.29, 0.717) is 31.9 Å². The van der Waals surface area contributed by atoms with Gasteiger partial charge in [0.05, 0.1) is 11.6 Å². The predicted octanol–water partition coefficient (Wildman–Crippen LogP) is 3.75. The van der Waals surface area contributed by atoms with Crippen molar-refractivity contribution in [2.45, 2.75) is 76.4 Å². The third-order valence-electron chi connectivity index (χ3n) is 9.57. The molecule has 44 heavy (non-hydrogen) atoms. The van der Waals surface area contributed by atoms with Crippen LogP contribution in [0.5, 0.6) is 0 Å². The molecule has 242 valence electrons. The van der Waals surface area contributed by atoms with Crippen LogP contribution in [0.1, 0.15) is 57.9 Å². The van der Waals surface area contributed by atoms with Gasteiger partial charge in [-0.05, 0) is 77.3 Å². The number of nitrogens with zero attached hydrogens (tertiary/aromatic N) is 4. The topological polar surface area (TPSA) is 90.0 Å². The van der Waals surface area contributed by atoms with Gasteiger partial charge in [0.25, 0.3) is 5.91 Å². The Morgan fingerprint density at radius 3 is 2.50 bits per heavy atom. The predicted molar refractivity (Wildman–Crippen MR) is 160 cm³/mol. The third-order valence-corrected chi connectivity index (χ3v) is 9.57. The number of likely N-dealkylation sites (tertiary alicyclic amines) is 1. The Morgan fingerprint density at radius 2 is 1.89 bits per heavy atom. The van der Waals surface area contributed by atoms with Gasteiger partial charge in [0.2, 0.25) is 5.91 Å². The van der Waals surface area contributed by atoms with Crippen molar-refractivity contribution in [1.29, 1.82) is 0 Å². The SMILES string of the molecule is CCOC1(c2cccnc2)C=CC(N2CCN(C(=O)C3CCC(C(F)(F)F)CC3)C[C@H]2CC)=C(C(=O)N[C@@H]2CCN(C)C2)N1. The summed E-state index contributed by atoms with van der Waals surface area (Å²) >= 11 is 0. The van der Waals surface area contributed by atoms with Gasteiger partial charge < -0.3 is 30.1 Å². The zero-order chi connectivity index (χ0) is 31.5. The summed E-state index contributed by atoms with van der Waals surface area (Å²) in [7, 11) is 2.04. The Balaban J connectivity index is 1.37. The lowest BCUT2D eigenvalue weighted by Gasteiger charge is -2.46. The molecule has 3 aliphatic heterocycles. The van der Waals surface area contributed by atoms with Crippen LogP contribution in [0.4, 0.5) is 13.2 Å². The fraction of sp³-hybridized carbons (Fsp3) is 0.656. The number of carbonyl (C=O) groups is 2. The van der Waals surface area contributed by atoms with Crippen LogP contribution in [0.15, 0.2) is 48.1 Å². The van der Waals surface area contributed by atoms with Crippen molar-refractivity contribution in [2.24, 2.45) is 11.8 Å². The normalized spacial score (nSPS) is 30.0. The minimum Gasteiger partial charge on any atom is -0.363 e. The van der Waals surface area contributed by atoms with Crippen LogP contribution < -0.4 is 10.6 Å². The van der Waals surface area contributed by atoms with E-state index < -0.39 is 17.8 Å². The molecular formula is C32H45F3N6O3. The van der Waals surface area contributed by atoms with Crippen LogP contribution in [0.25, 0.3) is 0 Å². The summed E-state index contributed by atoms with van der Waals surface area (Å²) in [5.74, 6) is -1.95. The van der Waals surface area contributed by atoms with E-state index in [-0.39, 0.29) is 55.5 Å². The fourth-order valence-electron chi connectivity index (χ4n) is 7.09. The zero-order valence-corrected chi connectivity index (χ0v) is 25.9. The minimum absolute atomic E-state index is 0.00814. The highest BCUT2D eigenvalue weighted by molar-refractivity contribution is 5.95. The number of amides is 2. The van der Waals surface area contributed by atoms with Crippen molar-refractivity contribution in [3.8, 4) is 0 Å². The Kier molecular flexibility index (Phi) is 9.89. The Hall–Kier alpha value is -3.12. The molecule has 0 radical (unpaired) electrons. The van der Waals surface area contributed by atoms with E-state index in [1.165, 1.54) is 0 Å². The lowest BCUT2D eigenvalue weighted by molar-refractivity contribution is -0.185. The molecule has 12 heteroatoms. The van der Waals surface area contributed by atoms with Crippen LogP contribution >= 0.6 is 0 Å². The highest BCUT2D eigenvalue weighted by Crippen LogP contribution is 2.40. The Morgan fingerprint density at radius 1 is 1.11 bits per heavy atom. The highest BCUT2D eigenvalue weighted by Gasteiger charge is 2.44. The van der Waals surface area contributed by atoms with Crippen molar-refractivity contribution in [1.82, 2.24) is 30.3 Å². The van der Waals surface area contributed by atoms with Crippen molar-refractivity contribution in [3.63, 3.8) is 0 Å². The van der Waals surface area contributed by atoms with Gasteiger partial charge in [-0.3, -0.25) is 14.6 Å². The van der Waals surface area contributed by atoms with E-state index in [2.05, 4.69) is 32.3 Å². The molecule has 9 nitrogen and oxygen atoms in total. The first-order valence-electron chi connectivity index (χ1n) is 15.9. The molecule has 0 aromatic carbocycles. The van der Waals surface area contributed by atoms with Crippen LogP contribution in [0.3, 0.4) is 0 Å². The van der Waals surface area contributed by atoms with Gasteiger partial charge in [0.1, 0.15) is 5.70 Å². The smallest absolute Gasteiger partial charge is 0.363 e. The molecule has 3 fully saturated rings. The lowest BCUT2D eigenvalue weighted by atomic mass is 9.81. The molecule has 2 N–H and O–H groups in total. The summed E-state index contributed by atoms with van der Waals surface area (Å²) in [6.07, 6.45) is 5.22. The first kappa shape index (κ1) is 32.3. The lowest BCUT2D eigenvalue weighted by Crippen LogP contribution is -2.57. The number of allylic oxidation sites excluding steroid dienone is 1. The molecule has 4 heterocycles. The van der Waals surface area contributed by atoms with E-state index in [4.69, 9.17) is 4.74 Å². The average molecular weight is 619 g/mol. The van der Waals surface area contributed by atoms with Gasteiger partial charge in [-0.1, -0.05) is 13.0 Å². The number of dihydropyridines is 1. The Labute approximate surface area is 257 Å². The summed E-state index contributed by atoms with van der Waals surface area (Å²) in [6, 6.07) is 3.70. The van der Waals surface area contributed by atoms with Crippen LogP contribution in [-0.4, -0.2) is 96.1 Å². The zero-order valence-electron chi connectivity index (χ0n) is 25.9. The highest BCUT2D eigenvalue weighted by atomic mass is 19.4. The van der Waals surface area contributed by atoms with Crippen LogP contribution in [-0.2, 0) is 20.1 Å². The second-order valence-electron chi connectivity index (χ2n) is 12.5. The maximum Gasteiger partial charge on any atom is 0.391 e. The van der Waals surface area contributed by atoms with Crippen molar-refractivity contribution in [2.75, 3.05) is 46.4 Å². The number of alkyl halides is 3. The van der Waals surface area contributed by atoms with Gasteiger partial charge in [0, 0.05) is 68.7 Å². The molecule has 1 aromatic heterocycles. The van der Waals surface area contributed by atoms with E-state index in [1.807, 2.05) is 43.2 Å².